The summed E-state index contributed by atoms with van der Waals surface area (Å²) in [4.78, 5) is 46.9. The molecule has 2 aromatic heterocycles. The molecule has 5 rings (SSSR count). The minimum Gasteiger partial charge on any atom is -0.496 e. The number of rotatable bonds is 6. The molecule has 1 saturated heterocycles. The van der Waals surface area contributed by atoms with E-state index in [4.69, 9.17) is 4.74 Å². The maximum Gasteiger partial charge on any atom is 0.253 e. The van der Waals surface area contributed by atoms with Crippen molar-refractivity contribution in [1.29, 1.82) is 0 Å². The Kier molecular flexibility index (Phi) is 7.04. The number of nitrogens with zero attached hydrogens (tertiary/aromatic N) is 2. The number of aromatic nitrogens is 2. The first-order valence-corrected chi connectivity index (χ1v) is 12.0. The van der Waals surface area contributed by atoms with Crippen molar-refractivity contribution in [3.63, 3.8) is 0 Å². The number of nitrogens with one attached hydrogen (secondary N) is 3. The molecule has 1 aromatic carbocycles. The Labute approximate surface area is 204 Å². The van der Waals surface area contributed by atoms with Gasteiger partial charge in [-0.1, -0.05) is 13.8 Å². The molecule has 0 unspecified atom stereocenters. The van der Waals surface area contributed by atoms with Gasteiger partial charge in [-0.25, -0.2) is 4.98 Å². The number of fused-ring (bicyclic) bond motifs is 1. The molecule has 1 saturated carbocycles. The summed E-state index contributed by atoms with van der Waals surface area (Å²) in [7, 11) is 3.11. The van der Waals surface area contributed by atoms with Gasteiger partial charge in [0.2, 0.25) is 5.91 Å². The molecular formula is C26H31N5O4. The molecule has 2 fully saturated rings. The third kappa shape index (κ3) is 4.71. The third-order valence-electron chi connectivity index (χ3n) is 6.21. The Balaban J connectivity index is 0.00000141. The predicted octanol–water partition coefficient (Wildman–Crippen LogP) is 3.82. The topological polar surface area (TPSA) is 116 Å². The number of anilines is 1. The number of hydrogen-bond donors (Lipinski definition) is 3. The van der Waals surface area contributed by atoms with E-state index in [0.29, 0.717) is 39.3 Å². The summed E-state index contributed by atoms with van der Waals surface area (Å²) in [6.45, 7) is 5.55. The summed E-state index contributed by atoms with van der Waals surface area (Å²) >= 11 is 0. The van der Waals surface area contributed by atoms with E-state index in [1.54, 1.807) is 31.2 Å². The molecule has 0 spiro atoms. The van der Waals surface area contributed by atoms with Crippen molar-refractivity contribution in [2.45, 2.75) is 33.1 Å². The molecule has 1 aliphatic heterocycles. The Bertz CT molecular complexity index is 1270. The zero-order valence-corrected chi connectivity index (χ0v) is 20.5. The summed E-state index contributed by atoms with van der Waals surface area (Å²) < 4.78 is 5.60. The van der Waals surface area contributed by atoms with Crippen molar-refractivity contribution in [3.8, 4) is 17.0 Å². The average molecular weight is 478 g/mol. The van der Waals surface area contributed by atoms with Crippen LogP contribution in [0.2, 0.25) is 0 Å². The second-order valence-corrected chi connectivity index (χ2v) is 8.40. The number of amides is 3. The zero-order chi connectivity index (χ0) is 25.1. The van der Waals surface area contributed by atoms with Gasteiger partial charge in [0.05, 0.1) is 23.9 Å². The monoisotopic (exact) mass is 477 g/mol. The fourth-order valence-electron chi connectivity index (χ4n) is 3.99. The van der Waals surface area contributed by atoms with Gasteiger partial charge in [0.1, 0.15) is 5.75 Å². The van der Waals surface area contributed by atoms with Gasteiger partial charge in [0.25, 0.3) is 11.8 Å². The van der Waals surface area contributed by atoms with Crippen LogP contribution in [-0.2, 0) is 4.79 Å². The first kappa shape index (κ1) is 24.3. The molecule has 0 radical (unpaired) electrons. The van der Waals surface area contributed by atoms with Crippen molar-refractivity contribution < 1.29 is 19.1 Å². The smallest absolute Gasteiger partial charge is 0.253 e. The van der Waals surface area contributed by atoms with E-state index in [1.165, 1.54) is 6.20 Å². The molecule has 2 aliphatic rings. The quantitative estimate of drug-likeness (QED) is 0.499. The standard InChI is InChI=1S/C24H25N5O4.C2H6/c1-25-23(31)17-12-26-21(28-22(30)13-4-5-13)20-16(17)11-18(27-20)15-7-6-14(10-19(15)33-2)24(32)29-8-3-9-29;1-2/h6-7,10-13,27H,3-5,8-9H2,1-2H3,(H,25,31)(H,26,28,30);1-2H3. The second kappa shape index (κ2) is 10.2. The predicted molar refractivity (Wildman–Crippen MR) is 135 cm³/mol. The van der Waals surface area contributed by atoms with Crippen LogP contribution in [0.4, 0.5) is 5.82 Å². The van der Waals surface area contributed by atoms with Gasteiger partial charge in [0, 0.05) is 48.8 Å². The largest absolute Gasteiger partial charge is 0.496 e. The van der Waals surface area contributed by atoms with Gasteiger partial charge in [-0.3, -0.25) is 14.4 Å². The Hall–Kier alpha value is -3.88. The minimum atomic E-state index is -0.277. The number of likely N-dealkylation sites (tertiary alicyclic amines) is 1. The molecule has 3 N–H and O–H groups in total. The lowest BCUT2D eigenvalue weighted by Crippen LogP contribution is -2.42. The van der Waals surface area contributed by atoms with E-state index >= 15 is 0 Å². The van der Waals surface area contributed by atoms with E-state index in [0.717, 1.165) is 37.9 Å². The van der Waals surface area contributed by atoms with Crippen molar-refractivity contribution in [1.82, 2.24) is 20.2 Å². The Morgan fingerprint density at radius 3 is 2.49 bits per heavy atom. The third-order valence-corrected chi connectivity index (χ3v) is 6.21. The molecular weight excluding hydrogens is 446 g/mol. The van der Waals surface area contributed by atoms with Gasteiger partial charge in [-0.2, -0.15) is 0 Å². The number of methoxy groups -OCH3 is 1. The number of hydrogen-bond acceptors (Lipinski definition) is 5. The van der Waals surface area contributed by atoms with Crippen LogP contribution in [0.25, 0.3) is 22.2 Å². The van der Waals surface area contributed by atoms with Gasteiger partial charge >= 0.3 is 0 Å². The SMILES string of the molecule is CC.CNC(=O)c1cnc(NC(=O)C2CC2)c2[nH]c(-c3ccc(C(=O)N4CCC4)cc3OC)cc12. The number of aromatic amines is 1. The number of benzene rings is 1. The average Bonchev–Trinajstić information content (AvgIpc) is 3.62. The Morgan fingerprint density at radius 1 is 1.14 bits per heavy atom. The molecule has 35 heavy (non-hydrogen) atoms. The highest BCUT2D eigenvalue weighted by atomic mass is 16.5. The van der Waals surface area contributed by atoms with Crippen molar-refractivity contribution >= 4 is 34.4 Å². The summed E-state index contributed by atoms with van der Waals surface area (Å²) in [5.74, 6) is 0.570. The lowest BCUT2D eigenvalue weighted by molar-refractivity contribution is -0.117. The minimum absolute atomic E-state index is 0.0149. The van der Waals surface area contributed by atoms with Crippen LogP contribution in [-0.4, -0.2) is 59.8 Å². The summed E-state index contributed by atoms with van der Waals surface area (Å²) in [5.41, 5.74) is 2.93. The van der Waals surface area contributed by atoms with E-state index in [1.807, 2.05) is 26.0 Å². The van der Waals surface area contributed by atoms with E-state index < -0.39 is 0 Å². The number of H-pyrrole nitrogens is 1. The highest BCUT2D eigenvalue weighted by Gasteiger charge is 2.30. The summed E-state index contributed by atoms with van der Waals surface area (Å²) in [6, 6.07) is 7.17. The van der Waals surface area contributed by atoms with Gasteiger partial charge in [-0.15, -0.1) is 0 Å². The number of carbonyl (C=O) groups excluding carboxylic acids is 3. The molecule has 3 amide bonds. The van der Waals surface area contributed by atoms with Crippen LogP contribution in [0.15, 0.2) is 30.5 Å². The van der Waals surface area contributed by atoms with E-state index in [-0.39, 0.29) is 23.6 Å². The first-order valence-electron chi connectivity index (χ1n) is 12.0. The van der Waals surface area contributed by atoms with Crippen LogP contribution in [0.5, 0.6) is 5.75 Å². The molecule has 0 atom stereocenters. The maximum atomic E-state index is 12.6. The number of pyridine rings is 1. The molecule has 0 bridgehead atoms. The summed E-state index contributed by atoms with van der Waals surface area (Å²) in [5, 5.41) is 6.14. The Morgan fingerprint density at radius 2 is 1.89 bits per heavy atom. The second-order valence-electron chi connectivity index (χ2n) is 8.40. The lowest BCUT2D eigenvalue weighted by atomic mass is 10.0. The summed E-state index contributed by atoms with van der Waals surface area (Å²) in [6.07, 6.45) is 4.24. The van der Waals surface area contributed by atoms with Crippen LogP contribution < -0.4 is 15.4 Å². The van der Waals surface area contributed by atoms with Gasteiger partial charge in [-0.05, 0) is 43.5 Å². The molecule has 1 aliphatic carbocycles. The first-order chi connectivity index (χ1) is 17.0. The zero-order valence-electron chi connectivity index (χ0n) is 20.5. The normalized spacial score (nSPS) is 14.5. The lowest BCUT2D eigenvalue weighted by Gasteiger charge is -2.31. The molecule has 184 valence electrons. The number of ether oxygens (including phenoxy) is 1. The fourth-order valence-corrected chi connectivity index (χ4v) is 3.99. The maximum absolute atomic E-state index is 12.6. The van der Waals surface area contributed by atoms with Gasteiger partial charge < -0.3 is 25.3 Å². The highest BCUT2D eigenvalue weighted by molar-refractivity contribution is 6.11. The fraction of sp³-hybridized carbons (Fsp3) is 0.385. The van der Waals surface area contributed by atoms with E-state index in [2.05, 4.69) is 20.6 Å². The van der Waals surface area contributed by atoms with Crippen molar-refractivity contribution in [3.05, 3.63) is 41.6 Å². The molecule has 9 heteroatoms. The van der Waals surface area contributed by atoms with Crippen LogP contribution in [0, 0.1) is 5.92 Å². The van der Waals surface area contributed by atoms with Crippen molar-refractivity contribution in [2.75, 3.05) is 32.6 Å². The number of carbonyl (C=O) groups is 3. The highest BCUT2D eigenvalue weighted by Crippen LogP contribution is 2.36. The van der Waals surface area contributed by atoms with Crippen LogP contribution >= 0.6 is 0 Å². The molecule has 3 aromatic rings. The van der Waals surface area contributed by atoms with Gasteiger partial charge in [0.15, 0.2) is 5.82 Å². The molecule has 3 heterocycles. The van der Waals surface area contributed by atoms with Crippen LogP contribution in [0.3, 0.4) is 0 Å². The van der Waals surface area contributed by atoms with Crippen LogP contribution in [0.1, 0.15) is 53.8 Å². The molecule has 9 nitrogen and oxygen atoms in total. The van der Waals surface area contributed by atoms with E-state index in [9.17, 15) is 14.4 Å². The van der Waals surface area contributed by atoms with Crippen molar-refractivity contribution in [2.24, 2.45) is 5.92 Å².